The maximum absolute atomic E-state index is 14.4. The second kappa shape index (κ2) is 10.0. The van der Waals surface area contributed by atoms with Crippen molar-refractivity contribution in [3.05, 3.63) is 48.3 Å². The van der Waals surface area contributed by atoms with Gasteiger partial charge in [0.05, 0.1) is 11.6 Å². The van der Waals surface area contributed by atoms with Gasteiger partial charge in [-0.05, 0) is 51.2 Å². The van der Waals surface area contributed by atoms with Crippen LogP contribution in [0.3, 0.4) is 0 Å². The third kappa shape index (κ3) is 4.67. The van der Waals surface area contributed by atoms with E-state index in [9.17, 15) is 4.39 Å². The van der Waals surface area contributed by atoms with Crippen molar-refractivity contribution >= 4 is 22.7 Å². The van der Waals surface area contributed by atoms with Crippen molar-refractivity contribution in [3.63, 3.8) is 0 Å². The Morgan fingerprint density at radius 2 is 1.83 bits per heavy atom. The maximum atomic E-state index is 14.4. The fourth-order valence-corrected chi connectivity index (χ4v) is 4.64. The molecule has 10 heteroatoms. The number of fused-ring (bicyclic) bond motifs is 1. The van der Waals surface area contributed by atoms with Crippen LogP contribution in [0.25, 0.3) is 22.2 Å². The summed E-state index contributed by atoms with van der Waals surface area (Å²) in [6, 6.07) is 3.89. The molecule has 0 saturated heterocycles. The van der Waals surface area contributed by atoms with Crippen LogP contribution in [0.5, 0.6) is 5.88 Å². The van der Waals surface area contributed by atoms with Gasteiger partial charge < -0.3 is 15.0 Å². The molecule has 0 radical (unpaired) electrons. The van der Waals surface area contributed by atoms with Crippen molar-refractivity contribution in [1.29, 1.82) is 0 Å². The number of aryl methyl sites for hydroxylation is 1. The molecule has 5 rings (SSSR count). The minimum absolute atomic E-state index is 0.0719. The predicted molar refractivity (Wildman–Crippen MR) is 138 cm³/mol. The number of halogens is 1. The molecule has 0 amide bonds. The lowest BCUT2D eigenvalue weighted by Gasteiger charge is -2.29. The molecule has 4 aromatic heterocycles. The largest absolute Gasteiger partial charge is 0.472 e. The van der Waals surface area contributed by atoms with Gasteiger partial charge in [0.2, 0.25) is 5.95 Å². The van der Waals surface area contributed by atoms with E-state index in [1.54, 1.807) is 31.6 Å². The molecule has 0 bridgehead atoms. The first kappa shape index (κ1) is 23.9. The molecular formula is C26H31FN8O. The standard InChI is InChI=1S/C26H31FN8O/c1-5-28-22-12-21-20(15-30-22)24(17-13-31-26(32-14-17)34(3)4)33-35(21)18-6-8-19(9-7-18)36-25-23(27)16(2)10-11-29-25/h10-15,18-19H,5-9H2,1-4H3,(H,28,30). The molecule has 1 aliphatic carbocycles. The van der Waals surface area contributed by atoms with Gasteiger partial charge in [-0.1, -0.05) is 0 Å². The molecule has 0 spiro atoms. The monoisotopic (exact) mass is 490 g/mol. The molecule has 1 N–H and O–H groups in total. The van der Waals surface area contributed by atoms with E-state index in [1.807, 2.05) is 32.1 Å². The summed E-state index contributed by atoms with van der Waals surface area (Å²) in [5.41, 5.74) is 3.22. The van der Waals surface area contributed by atoms with E-state index < -0.39 is 0 Å². The van der Waals surface area contributed by atoms with Gasteiger partial charge in [0.1, 0.15) is 17.6 Å². The topological polar surface area (TPSA) is 93.9 Å². The fraction of sp³-hybridized carbons (Fsp3) is 0.423. The highest BCUT2D eigenvalue weighted by molar-refractivity contribution is 5.93. The molecule has 0 aromatic carbocycles. The summed E-state index contributed by atoms with van der Waals surface area (Å²) in [6.07, 6.45) is 10.3. The Morgan fingerprint density at radius 3 is 2.53 bits per heavy atom. The first-order valence-corrected chi connectivity index (χ1v) is 12.3. The minimum Gasteiger partial charge on any atom is -0.472 e. The van der Waals surface area contributed by atoms with E-state index in [-0.39, 0.29) is 23.8 Å². The SMILES string of the molecule is CCNc1cc2c(cn1)c(-c1cnc(N(C)C)nc1)nn2C1CCC(Oc2nccc(C)c2F)CC1. The number of nitrogens with one attached hydrogen (secondary N) is 1. The Morgan fingerprint density at radius 1 is 1.08 bits per heavy atom. The Labute approximate surface area is 209 Å². The summed E-state index contributed by atoms with van der Waals surface area (Å²) in [5, 5.41) is 9.29. The van der Waals surface area contributed by atoms with Gasteiger partial charge in [-0.15, -0.1) is 0 Å². The zero-order valence-electron chi connectivity index (χ0n) is 21.1. The van der Waals surface area contributed by atoms with Gasteiger partial charge >= 0.3 is 0 Å². The summed E-state index contributed by atoms with van der Waals surface area (Å²) < 4.78 is 22.4. The second-order valence-corrected chi connectivity index (χ2v) is 9.37. The van der Waals surface area contributed by atoms with E-state index in [1.165, 1.54) is 0 Å². The molecule has 36 heavy (non-hydrogen) atoms. The van der Waals surface area contributed by atoms with Crippen LogP contribution in [0.1, 0.15) is 44.2 Å². The molecule has 188 valence electrons. The molecule has 1 aliphatic rings. The average molecular weight is 491 g/mol. The Hall–Kier alpha value is -3.82. The van der Waals surface area contributed by atoms with Crippen molar-refractivity contribution in [2.45, 2.75) is 51.7 Å². The number of rotatable bonds is 7. The lowest BCUT2D eigenvalue weighted by atomic mass is 9.93. The summed E-state index contributed by atoms with van der Waals surface area (Å²) in [6.45, 7) is 4.55. The van der Waals surface area contributed by atoms with Crippen LogP contribution in [-0.4, -0.2) is 56.5 Å². The van der Waals surface area contributed by atoms with Crippen LogP contribution in [0.2, 0.25) is 0 Å². The highest BCUT2D eigenvalue weighted by Crippen LogP contribution is 2.36. The molecule has 0 aliphatic heterocycles. The molecule has 1 fully saturated rings. The number of ether oxygens (including phenoxy) is 1. The normalized spacial score (nSPS) is 17.8. The summed E-state index contributed by atoms with van der Waals surface area (Å²) in [7, 11) is 3.82. The number of aromatic nitrogens is 6. The lowest BCUT2D eigenvalue weighted by molar-refractivity contribution is 0.120. The van der Waals surface area contributed by atoms with Gasteiger partial charge in [-0.2, -0.15) is 5.10 Å². The third-order valence-corrected chi connectivity index (χ3v) is 6.58. The average Bonchev–Trinajstić information content (AvgIpc) is 3.26. The van der Waals surface area contributed by atoms with Gasteiger partial charge in [0.15, 0.2) is 5.82 Å². The van der Waals surface area contributed by atoms with Crippen LogP contribution in [0.4, 0.5) is 16.2 Å². The number of anilines is 2. The predicted octanol–water partition coefficient (Wildman–Crippen LogP) is 4.79. The van der Waals surface area contributed by atoms with E-state index in [0.717, 1.165) is 60.2 Å². The summed E-state index contributed by atoms with van der Waals surface area (Å²) >= 11 is 0. The smallest absolute Gasteiger partial charge is 0.250 e. The second-order valence-electron chi connectivity index (χ2n) is 9.37. The Kier molecular flexibility index (Phi) is 6.67. The first-order chi connectivity index (χ1) is 17.4. The van der Waals surface area contributed by atoms with Crippen molar-refractivity contribution in [1.82, 2.24) is 29.7 Å². The molecule has 4 heterocycles. The highest BCUT2D eigenvalue weighted by atomic mass is 19.1. The van der Waals surface area contributed by atoms with Crippen molar-refractivity contribution < 1.29 is 9.13 Å². The maximum Gasteiger partial charge on any atom is 0.250 e. The minimum atomic E-state index is -0.381. The van der Waals surface area contributed by atoms with Crippen LogP contribution in [0, 0.1) is 12.7 Å². The van der Waals surface area contributed by atoms with E-state index >= 15 is 0 Å². The number of pyridine rings is 2. The lowest BCUT2D eigenvalue weighted by Crippen LogP contribution is -2.27. The van der Waals surface area contributed by atoms with Crippen molar-refractivity contribution in [3.8, 4) is 17.1 Å². The van der Waals surface area contributed by atoms with Crippen molar-refractivity contribution in [2.75, 3.05) is 30.9 Å². The van der Waals surface area contributed by atoms with Gasteiger partial charge in [0, 0.05) is 62.4 Å². The van der Waals surface area contributed by atoms with Crippen LogP contribution < -0.4 is 15.0 Å². The van der Waals surface area contributed by atoms with Gasteiger partial charge in [-0.3, -0.25) is 4.68 Å². The molecule has 1 saturated carbocycles. The van der Waals surface area contributed by atoms with Crippen LogP contribution in [-0.2, 0) is 0 Å². The van der Waals surface area contributed by atoms with E-state index in [2.05, 4.69) is 36.0 Å². The number of hydrogen-bond acceptors (Lipinski definition) is 8. The number of hydrogen-bond donors (Lipinski definition) is 1. The zero-order chi connectivity index (χ0) is 25.2. The Bertz CT molecular complexity index is 1350. The van der Waals surface area contributed by atoms with Crippen LogP contribution in [0.15, 0.2) is 36.9 Å². The molecule has 0 unspecified atom stereocenters. The summed E-state index contributed by atoms with van der Waals surface area (Å²) in [5.74, 6) is 1.17. The van der Waals surface area contributed by atoms with Gasteiger partial charge in [0.25, 0.3) is 5.88 Å². The first-order valence-electron chi connectivity index (χ1n) is 12.3. The van der Waals surface area contributed by atoms with E-state index in [0.29, 0.717) is 11.5 Å². The van der Waals surface area contributed by atoms with Crippen molar-refractivity contribution in [2.24, 2.45) is 0 Å². The quantitative estimate of drug-likeness (QED) is 0.395. The van der Waals surface area contributed by atoms with Gasteiger partial charge in [-0.25, -0.2) is 24.3 Å². The Balaban J connectivity index is 1.42. The number of nitrogens with zero attached hydrogens (tertiary/aromatic N) is 7. The highest BCUT2D eigenvalue weighted by Gasteiger charge is 2.28. The third-order valence-electron chi connectivity index (χ3n) is 6.58. The molecular weight excluding hydrogens is 459 g/mol. The van der Waals surface area contributed by atoms with Crippen LogP contribution >= 0.6 is 0 Å². The molecule has 4 aromatic rings. The molecule has 9 nitrogen and oxygen atoms in total. The van der Waals surface area contributed by atoms with E-state index in [4.69, 9.17) is 9.84 Å². The summed E-state index contributed by atoms with van der Waals surface area (Å²) in [4.78, 5) is 19.5. The zero-order valence-corrected chi connectivity index (χ0v) is 21.1. The fourth-order valence-electron chi connectivity index (χ4n) is 4.64. The molecule has 0 atom stereocenters.